The lowest BCUT2D eigenvalue weighted by Gasteiger charge is -2.12. The third-order valence-corrected chi connectivity index (χ3v) is 7.71. The Bertz CT molecular complexity index is 1210. The Morgan fingerprint density at radius 1 is 1.29 bits per heavy atom. The summed E-state index contributed by atoms with van der Waals surface area (Å²) in [7, 11) is 0. The molecule has 1 aromatic carbocycles. The van der Waals surface area contributed by atoms with Crippen molar-refractivity contribution in [1.82, 2.24) is 14.8 Å². The number of hydrogen-bond acceptors (Lipinski definition) is 7. The Balaban J connectivity index is 1.50. The van der Waals surface area contributed by atoms with Gasteiger partial charge >= 0.3 is 5.97 Å². The number of fused-ring (bicyclic) bond motifs is 1. The summed E-state index contributed by atoms with van der Waals surface area (Å²) in [5.74, 6) is 0.327. The number of carbonyl (C=O) groups is 2. The second-order valence-corrected chi connectivity index (χ2v) is 10.1. The van der Waals surface area contributed by atoms with Crippen molar-refractivity contribution < 1.29 is 14.3 Å². The lowest BCUT2D eigenvalue weighted by molar-refractivity contribution is -0.113. The van der Waals surface area contributed by atoms with Crippen molar-refractivity contribution in [1.29, 1.82) is 0 Å². The molecule has 7 nitrogen and oxygen atoms in total. The molecule has 0 unspecified atom stereocenters. The minimum atomic E-state index is -0.363. The van der Waals surface area contributed by atoms with Crippen LogP contribution in [0, 0.1) is 6.92 Å². The average Bonchev–Trinajstić information content (AvgIpc) is 3.39. The van der Waals surface area contributed by atoms with E-state index in [1.54, 1.807) is 13.0 Å². The molecule has 4 rings (SSSR count). The molecule has 0 bridgehead atoms. The molecule has 1 aliphatic rings. The minimum Gasteiger partial charge on any atom is -0.462 e. The molecule has 2 heterocycles. The van der Waals surface area contributed by atoms with Crippen LogP contribution in [0.5, 0.6) is 0 Å². The molecule has 0 radical (unpaired) electrons. The topological polar surface area (TPSA) is 86.1 Å². The first-order chi connectivity index (χ1) is 16.5. The normalized spacial score (nSPS) is 12.8. The number of nitrogens with zero attached hydrogens (tertiary/aromatic N) is 3. The second kappa shape index (κ2) is 11.0. The molecule has 9 heteroatoms. The predicted molar refractivity (Wildman–Crippen MR) is 137 cm³/mol. The minimum absolute atomic E-state index is 0.147. The van der Waals surface area contributed by atoms with Crippen molar-refractivity contribution in [3.05, 3.63) is 58.5 Å². The third-order valence-electron chi connectivity index (χ3n) is 5.54. The molecule has 0 aliphatic heterocycles. The van der Waals surface area contributed by atoms with E-state index in [1.807, 2.05) is 29.7 Å². The van der Waals surface area contributed by atoms with E-state index in [9.17, 15) is 9.59 Å². The Morgan fingerprint density at radius 2 is 2.12 bits per heavy atom. The summed E-state index contributed by atoms with van der Waals surface area (Å²) in [6.45, 7) is 8.50. The predicted octanol–water partition coefficient (Wildman–Crippen LogP) is 5.29. The van der Waals surface area contributed by atoms with E-state index < -0.39 is 0 Å². The van der Waals surface area contributed by atoms with Crippen LogP contribution in [0.4, 0.5) is 5.00 Å². The van der Waals surface area contributed by atoms with Gasteiger partial charge in [0.1, 0.15) is 5.00 Å². The first-order valence-electron chi connectivity index (χ1n) is 11.4. The van der Waals surface area contributed by atoms with Gasteiger partial charge in [-0.2, -0.15) is 0 Å². The summed E-state index contributed by atoms with van der Waals surface area (Å²) in [6, 6.07) is 8.07. The van der Waals surface area contributed by atoms with Gasteiger partial charge in [-0.3, -0.25) is 9.36 Å². The Kier molecular flexibility index (Phi) is 7.84. The highest BCUT2D eigenvalue weighted by Gasteiger charge is 2.27. The molecule has 1 N–H and O–H groups in total. The zero-order valence-electron chi connectivity index (χ0n) is 19.4. The molecule has 1 aliphatic carbocycles. The maximum atomic E-state index is 12.9. The number of allylic oxidation sites excluding steroid dienone is 1. The first kappa shape index (κ1) is 24.2. The number of aromatic nitrogens is 3. The number of amides is 1. The highest BCUT2D eigenvalue weighted by Crippen LogP contribution is 2.38. The summed E-state index contributed by atoms with van der Waals surface area (Å²) in [4.78, 5) is 26.7. The van der Waals surface area contributed by atoms with Crippen molar-refractivity contribution >= 4 is 40.0 Å². The van der Waals surface area contributed by atoms with Crippen LogP contribution in [0.25, 0.3) is 11.4 Å². The fourth-order valence-corrected chi connectivity index (χ4v) is 6.09. The van der Waals surface area contributed by atoms with Crippen molar-refractivity contribution in [3.8, 4) is 11.4 Å². The van der Waals surface area contributed by atoms with Crippen LogP contribution < -0.4 is 5.32 Å². The van der Waals surface area contributed by atoms with Gasteiger partial charge in [-0.15, -0.1) is 28.1 Å². The zero-order chi connectivity index (χ0) is 24.1. The zero-order valence-corrected chi connectivity index (χ0v) is 21.1. The van der Waals surface area contributed by atoms with Crippen LogP contribution in [0.1, 0.15) is 46.1 Å². The molecule has 34 heavy (non-hydrogen) atoms. The van der Waals surface area contributed by atoms with Gasteiger partial charge in [0.25, 0.3) is 0 Å². The molecular weight excluding hydrogens is 468 g/mol. The number of carbonyl (C=O) groups excluding carboxylic acids is 2. The van der Waals surface area contributed by atoms with E-state index >= 15 is 0 Å². The smallest absolute Gasteiger partial charge is 0.341 e. The van der Waals surface area contributed by atoms with E-state index in [1.165, 1.54) is 28.0 Å². The summed E-state index contributed by atoms with van der Waals surface area (Å²) < 4.78 is 7.23. The Labute approximate surface area is 207 Å². The number of aryl methyl sites for hydroxylation is 2. The first-order valence-corrected chi connectivity index (χ1v) is 13.2. The van der Waals surface area contributed by atoms with Gasteiger partial charge in [-0.25, -0.2) is 4.79 Å². The number of esters is 1. The summed E-state index contributed by atoms with van der Waals surface area (Å²) in [5, 5.41) is 12.9. The van der Waals surface area contributed by atoms with Crippen LogP contribution in [0.2, 0.25) is 0 Å². The Morgan fingerprint density at radius 3 is 2.88 bits per heavy atom. The number of ether oxygens (including phenoxy) is 1. The maximum Gasteiger partial charge on any atom is 0.341 e. The van der Waals surface area contributed by atoms with Crippen LogP contribution in [-0.4, -0.2) is 39.0 Å². The lowest BCUT2D eigenvalue weighted by atomic mass is 9.95. The van der Waals surface area contributed by atoms with E-state index in [0.717, 1.165) is 48.2 Å². The van der Waals surface area contributed by atoms with Crippen LogP contribution in [0.15, 0.2) is 42.1 Å². The number of rotatable bonds is 9. The quantitative estimate of drug-likeness (QED) is 0.246. The highest BCUT2D eigenvalue weighted by atomic mass is 32.2. The average molecular weight is 497 g/mol. The Hall–Kier alpha value is -2.91. The largest absolute Gasteiger partial charge is 0.462 e. The summed E-state index contributed by atoms with van der Waals surface area (Å²) >= 11 is 2.80. The summed E-state index contributed by atoms with van der Waals surface area (Å²) in [6.07, 6.45) is 5.71. The van der Waals surface area contributed by atoms with Crippen LogP contribution in [0.3, 0.4) is 0 Å². The SMILES string of the molecule is C=CCn1c(SCC(=O)Nc2sc3c(c2C(=O)OCC)CCCC3)nnc1-c1cccc(C)c1. The second-order valence-electron chi connectivity index (χ2n) is 8.05. The van der Waals surface area contributed by atoms with Crippen molar-refractivity contribution in [2.45, 2.75) is 51.2 Å². The number of hydrogen-bond donors (Lipinski definition) is 1. The van der Waals surface area contributed by atoms with Gasteiger partial charge in [-0.1, -0.05) is 41.6 Å². The van der Waals surface area contributed by atoms with Crippen molar-refractivity contribution in [3.63, 3.8) is 0 Å². The van der Waals surface area contributed by atoms with Crippen LogP contribution in [-0.2, 0) is 28.9 Å². The van der Waals surface area contributed by atoms with Gasteiger partial charge < -0.3 is 10.1 Å². The number of thiophene rings is 1. The van der Waals surface area contributed by atoms with Crippen molar-refractivity contribution in [2.24, 2.45) is 0 Å². The van der Waals surface area contributed by atoms with Gasteiger partial charge in [0.05, 0.1) is 17.9 Å². The monoisotopic (exact) mass is 496 g/mol. The number of thioether (sulfide) groups is 1. The van der Waals surface area contributed by atoms with E-state index in [4.69, 9.17) is 4.74 Å². The molecule has 0 spiro atoms. The number of nitrogens with one attached hydrogen (secondary N) is 1. The molecule has 178 valence electrons. The van der Waals surface area contributed by atoms with Gasteiger partial charge in [0, 0.05) is 17.0 Å². The molecule has 3 aromatic rings. The lowest BCUT2D eigenvalue weighted by Crippen LogP contribution is -2.17. The van der Waals surface area contributed by atoms with Gasteiger partial charge in [0.15, 0.2) is 11.0 Å². The fourth-order valence-electron chi connectivity index (χ4n) is 4.05. The molecular formula is C25H28N4O3S2. The maximum absolute atomic E-state index is 12.9. The van der Waals surface area contributed by atoms with Crippen LogP contribution >= 0.6 is 23.1 Å². The molecule has 0 fully saturated rings. The van der Waals surface area contributed by atoms with E-state index in [0.29, 0.717) is 28.9 Å². The third kappa shape index (κ3) is 5.26. The van der Waals surface area contributed by atoms with Gasteiger partial charge in [0.2, 0.25) is 5.91 Å². The standard InChI is InChI=1S/C25H28N4O3S2/c1-4-13-29-22(17-10-8-9-16(3)14-17)27-28-25(29)33-15-20(30)26-23-21(24(31)32-5-2)18-11-6-7-12-19(18)34-23/h4,8-10,14H,1,5-7,11-13,15H2,2-3H3,(H,26,30). The molecule has 0 saturated heterocycles. The van der Waals surface area contributed by atoms with Gasteiger partial charge in [-0.05, 0) is 51.2 Å². The molecule has 0 atom stereocenters. The summed E-state index contributed by atoms with van der Waals surface area (Å²) in [5.41, 5.74) is 3.66. The van der Waals surface area contributed by atoms with Crippen molar-refractivity contribution in [2.75, 3.05) is 17.7 Å². The van der Waals surface area contributed by atoms with E-state index in [2.05, 4.69) is 28.2 Å². The van der Waals surface area contributed by atoms with E-state index in [-0.39, 0.29) is 17.6 Å². The number of anilines is 1. The molecule has 0 saturated carbocycles. The molecule has 1 amide bonds. The number of benzene rings is 1. The molecule has 2 aromatic heterocycles. The highest BCUT2D eigenvalue weighted by molar-refractivity contribution is 7.99. The fraction of sp³-hybridized carbons (Fsp3) is 0.360.